The molecule has 0 radical (unpaired) electrons. The van der Waals surface area contributed by atoms with E-state index in [-0.39, 0.29) is 0 Å². The van der Waals surface area contributed by atoms with Gasteiger partial charge in [0.25, 0.3) is 0 Å². The third-order valence-corrected chi connectivity index (χ3v) is 4.16. The first kappa shape index (κ1) is 16.8. The van der Waals surface area contributed by atoms with Crippen LogP contribution in [-0.4, -0.2) is 43.9 Å². The van der Waals surface area contributed by atoms with Gasteiger partial charge in [0.2, 0.25) is 0 Å². The van der Waals surface area contributed by atoms with Gasteiger partial charge in [-0.15, -0.1) is 0 Å². The van der Waals surface area contributed by atoms with Crippen LogP contribution in [0.3, 0.4) is 0 Å². The van der Waals surface area contributed by atoms with E-state index in [9.17, 15) is 4.79 Å². The second-order valence-corrected chi connectivity index (χ2v) is 6.34. The van der Waals surface area contributed by atoms with Crippen LogP contribution in [0.2, 0.25) is 0 Å². The smallest absolute Gasteiger partial charge is 0.309 e. The number of para-hydroxylation sites is 1. The number of hydrogen-bond donors (Lipinski definition) is 2. The van der Waals surface area contributed by atoms with Gasteiger partial charge in [0.15, 0.2) is 0 Å². The average molecular weight is 306 g/mol. The molecule has 5 nitrogen and oxygen atoms in total. The summed E-state index contributed by atoms with van der Waals surface area (Å²) < 4.78 is 5.41. The Morgan fingerprint density at radius 2 is 2.00 bits per heavy atom. The molecule has 1 aromatic rings. The van der Waals surface area contributed by atoms with Crippen LogP contribution >= 0.6 is 0 Å². The van der Waals surface area contributed by atoms with E-state index in [1.165, 1.54) is 11.3 Å². The number of aliphatic carboxylic acids is 1. The molecule has 2 N–H and O–H groups in total. The third kappa shape index (κ3) is 4.45. The van der Waals surface area contributed by atoms with Gasteiger partial charge in [-0.1, -0.05) is 18.2 Å². The molecular formula is C17H26N2O3. The number of hydrogen-bond acceptors (Lipinski definition) is 4. The van der Waals surface area contributed by atoms with Crippen molar-refractivity contribution in [2.24, 2.45) is 5.41 Å². The third-order valence-electron chi connectivity index (χ3n) is 4.16. The molecule has 5 heteroatoms. The molecule has 1 aliphatic heterocycles. The van der Waals surface area contributed by atoms with E-state index in [0.29, 0.717) is 13.0 Å². The molecule has 1 saturated heterocycles. The van der Waals surface area contributed by atoms with Gasteiger partial charge in [0.05, 0.1) is 18.6 Å². The zero-order valence-electron chi connectivity index (χ0n) is 13.5. The van der Waals surface area contributed by atoms with Crippen molar-refractivity contribution in [2.45, 2.75) is 26.8 Å². The van der Waals surface area contributed by atoms with E-state index in [1.807, 2.05) is 6.07 Å². The molecule has 1 fully saturated rings. The summed E-state index contributed by atoms with van der Waals surface area (Å²) in [4.78, 5) is 13.4. The zero-order chi connectivity index (χ0) is 16.0. The lowest BCUT2D eigenvalue weighted by molar-refractivity contribution is -0.147. The molecule has 1 aromatic carbocycles. The molecule has 0 unspecified atom stereocenters. The van der Waals surface area contributed by atoms with Crippen LogP contribution in [0.1, 0.15) is 25.8 Å². The second-order valence-electron chi connectivity index (χ2n) is 6.34. The maximum atomic E-state index is 11.1. The maximum Gasteiger partial charge on any atom is 0.309 e. The van der Waals surface area contributed by atoms with Crippen molar-refractivity contribution in [3.63, 3.8) is 0 Å². The van der Waals surface area contributed by atoms with Crippen molar-refractivity contribution in [2.75, 3.05) is 37.7 Å². The SMILES string of the molecule is CC(C)(CCNCc1ccccc1N1CCOCC1)C(=O)O. The predicted molar refractivity (Wildman–Crippen MR) is 87.2 cm³/mol. The van der Waals surface area contributed by atoms with E-state index >= 15 is 0 Å². The molecule has 0 amide bonds. The highest BCUT2D eigenvalue weighted by Gasteiger charge is 2.26. The standard InChI is InChI=1S/C17H26N2O3/c1-17(2,16(20)21)7-8-18-13-14-5-3-4-6-15(14)19-9-11-22-12-10-19/h3-6,18H,7-13H2,1-2H3,(H,20,21). The highest BCUT2D eigenvalue weighted by atomic mass is 16.5. The summed E-state index contributed by atoms with van der Waals surface area (Å²) in [7, 11) is 0. The highest BCUT2D eigenvalue weighted by molar-refractivity contribution is 5.73. The maximum absolute atomic E-state index is 11.1. The molecule has 0 aliphatic carbocycles. The number of nitrogens with one attached hydrogen (secondary N) is 1. The summed E-state index contributed by atoms with van der Waals surface area (Å²) >= 11 is 0. The van der Waals surface area contributed by atoms with Gasteiger partial charge in [0.1, 0.15) is 0 Å². The lowest BCUT2D eigenvalue weighted by Crippen LogP contribution is -2.37. The summed E-state index contributed by atoms with van der Waals surface area (Å²) in [5.41, 5.74) is 1.81. The topological polar surface area (TPSA) is 61.8 Å². The molecule has 0 bridgehead atoms. The van der Waals surface area contributed by atoms with Crippen LogP contribution < -0.4 is 10.2 Å². The Hall–Kier alpha value is -1.59. The first-order valence-electron chi connectivity index (χ1n) is 7.85. The van der Waals surface area contributed by atoms with Gasteiger partial charge in [-0.3, -0.25) is 4.79 Å². The lowest BCUT2D eigenvalue weighted by atomic mass is 9.90. The number of ether oxygens (including phenoxy) is 1. The second kappa shape index (κ2) is 7.61. The molecule has 22 heavy (non-hydrogen) atoms. The minimum absolute atomic E-state index is 0.613. The summed E-state index contributed by atoms with van der Waals surface area (Å²) in [6, 6.07) is 8.37. The Bertz CT molecular complexity index is 496. The number of benzene rings is 1. The summed E-state index contributed by atoms with van der Waals surface area (Å²) in [6.45, 7) is 8.35. The Labute approximate surface area is 132 Å². The molecule has 122 valence electrons. The van der Waals surface area contributed by atoms with Crippen LogP contribution in [0, 0.1) is 5.41 Å². The van der Waals surface area contributed by atoms with E-state index < -0.39 is 11.4 Å². The minimum atomic E-state index is -0.747. The van der Waals surface area contributed by atoms with Crippen LogP contribution in [-0.2, 0) is 16.1 Å². The van der Waals surface area contributed by atoms with Gasteiger partial charge >= 0.3 is 5.97 Å². The predicted octanol–water partition coefficient (Wildman–Crippen LogP) is 2.11. The van der Waals surface area contributed by atoms with Gasteiger partial charge in [0, 0.05) is 25.3 Å². The number of carboxylic acid groups (broad SMARTS) is 1. The summed E-state index contributed by atoms with van der Waals surface area (Å²) in [5.74, 6) is -0.747. The molecule has 0 aromatic heterocycles. The number of nitrogens with zero attached hydrogens (tertiary/aromatic N) is 1. The first-order chi connectivity index (χ1) is 10.5. The van der Waals surface area contributed by atoms with Crippen molar-refractivity contribution in [1.29, 1.82) is 0 Å². The molecule has 1 heterocycles. The Morgan fingerprint density at radius 3 is 2.68 bits per heavy atom. The van der Waals surface area contributed by atoms with Crippen molar-refractivity contribution in [1.82, 2.24) is 5.32 Å². The lowest BCUT2D eigenvalue weighted by Gasteiger charge is -2.30. The van der Waals surface area contributed by atoms with Gasteiger partial charge in [-0.05, 0) is 38.4 Å². The van der Waals surface area contributed by atoms with E-state index in [0.717, 1.165) is 32.8 Å². The van der Waals surface area contributed by atoms with Crippen LogP contribution in [0.5, 0.6) is 0 Å². The van der Waals surface area contributed by atoms with Gasteiger partial charge in [-0.2, -0.15) is 0 Å². The van der Waals surface area contributed by atoms with Crippen molar-refractivity contribution >= 4 is 11.7 Å². The Kier molecular flexibility index (Phi) is 5.80. The molecule has 2 rings (SSSR count). The number of morpholine rings is 1. The molecule has 0 saturated carbocycles. The Balaban J connectivity index is 1.89. The highest BCUT2D eigenvalue weighted by Crippen LogP contribution is 2.22. The number of rotatable bonds is 7. The number of carboxylic acids is 1. The molecular weight excluding hydrogens is 280 g/mol. The van der Waals surface area contributed by atoms with Crippen molar-refractivity contribution in [3.8, 4) is 0 Å². The van der Waals surface area contributed by atoms with Crippen molar-refractivity contribution in [3.05, 3.63) is 29.8 Å². The normalized spacial score (nSPS) is 15.8. The Morgan fingerprint density at radius 1 is 1.32 bits per heavy atom. The number of carbonyl (C=O) groups is 1. The fourth-order valence-electron chi connectivity index (χ4n) is 2.50. The summed E-state index contributed by atoms with van der Waals surface area (Å²) in [5, 5.41) is 12.5. The minimum Gasteiger partial charge on any atom is -0.481 e. The molecule has 1 aliphatic rings. The van der Waals surface area contributed by atoms with E-state index in [2.05, 4.69) is 28.4 Å². The monoisotopic (exact) mass is 306 g/mol. The van der Waals surface area contributed by atoms with Crippen LogP contribution in [0.4, 0.5) is 5.69 Å². The molecule has 0 spiro atoms. The quantitative estimate of drug-likeness (QED) is 0.756. The van der Waals surface area contributed by atoms with Gasteiger partial charge < -0.3 is 20.1 Å². The van der Waals surface area contributed by atoms with Crippen LogP contribution in [0.25, 0.3) is 0 Å². The first-order valence-corrected chi connectivity index (χ1v) is 7.85. The largest absolute Gasteiger partial charge is 0.481 e. The van der Waals surface area contributed by atoms with E-state index in [4.69, 9.17) is 9.84 Å². The van der Waals surface area contributed by atoms with Crippen LogP contribution in [0.15, 0.2) is 24.3 Å². The fraction of sp³-hybridized carbons (Fsp3) is 0.588. The average Bonchev–Trinajstić information content (AvgIpc) is 2.52. The van der Waals surface area contributed by atoms with Crippen molar-refractivity contribution < 1.29 is 14.6 Å². The zero-order valence-corrected chi connectivity index (χ0v) is 13.5. The number of anilines is 1. The molecule has 0 atom stereocenters. The van der Waals surface area contributed by atoms with Gasteiger partial charge in [-0.25, -0.2) is 0 Å². The fourth-order valence-corrected chi connectivity index (χ4v) is 2.50. The summed E-state index contributed by atoms with van der Waals surface area (Å²) in [6.07, 6.45) is 0.613. The van der Waals surface area contributed by atoms with E-state index in [1.54, 1.807) is 13.8 Å².